The highest BCUT2D eigenvalue weighted by molar-refractivity contribution is 5.95. The van der Waals surface area contributed by atoms with Crippen molar-refractivity contribution in [2.45, 2.75) is 45.7 Å². The van der Waals surface area contributed by atoms with E-state index in [0.717, 1.165) is 12.1 Å². The molecule has 1 aliphatic heterocycles. The number of benzene rings is 1. The van der Waals surface area contributed by atoms with Crippen LogP contribution < -0.4 is 10.2 Å². The Bertz CT molecular complexity index is 682. The molecule has 1 aromatic carbocycles. The second kappa shape index (κ2) is 5.79. The van der Waals surface area contributed by atoms with Crippen LogP contribution in [-0.2, 0) is 6.42 Å². The van der Waals surface area contributed by atoms with Gasteiger partial charge in [0.1, 0.15) is 0 Å². The van der Waals surface area contributed by atoms with Crippen LogP contribution in [0.4, 0.5) is 10.5 Å². The molecule has 22 heavy (non-hydrogen) atoms. The van der Waals surface area contributed by atoms with E-state index in [0.29, 0.717) is 18.1 Å². The van der Waals surface area contributed by atoms with E-state index in [9.17, 15) is 4.79 Å². The number of anilines is 1. The second-order valence-electron chi connectivity index (χ2n) is 5.63. The van der Waals surface area contributed by atoms with Crippen LogP contribution in [-0.4, -0.2) is 22.2 Å². The Hall–Kier alpha value is -2.37. The van der Waals surface area contributed by atoms with Crippen LogP contribution in [0, 0.1) is 6.92 Å². The van der Waals surface area contributed by atoms with Crippen LogP contribution in [0.3, 0.4) is 0 Å². The van der Waals surface area contributed by atoms with Gasteiger partial charge in [-0.05, 0) is 31.4 Å². The minimum absolute atomic E-state index is 0.119. The van der Waals surface area contributed by atoms with E-state index in [4.69, 9.17) is 4.52 Å². The summed E-state index contributed by atoms with van der Waals surface area (Å²) in [5.41, 5.74) is 2.18. The van der Waals surface area contributed by atoms with Gasteiger partial charge in [-0.3, -0.25) is 4.90 Å². The third-order valence-electron chi connectivity index (χ3n) is 3.99. The molecule has 0 bridgehead atoms. The van der Waals surface area contributed by atoms with Crippen molar-refractivity contribution in [3.63, 3.8) is 0 Å². The van der Waals surface area contributed by atoms with E-state index >= 15 is 0 Å². The standard InChI is InChI=1S/C16H20N4O2/c1-4-13(15-17-11(3)22-19-15)18-16(21)20-10(2)9-12-7-5-6-8-14(12)20/h5-8,10,13H,4,9H2,1-3H3,(H,18,21)/t10-,13+/m1/s1. The summed E-state index contributed by atoms with van der Waals surface area (Å²) in [6, 6.07) is 7.79. The van der Waals surface area contributed by atoms with Crippen LogP contribution in [0.5, 0.6) is 0 Å². The molecule has 0 fully saturated rings. The van der Waals surface area contributed by atoms with E-state index in [2.05, 4.69) is 28.4 Å². The molecule has 6 heteroatoms. The molecule has 2 aromatic rings. The molecule has 0 saturated carbocycles. The monoisotopic (exact) mass is 300 g/mol. The predicted octanol–water partition coefficient (Wildman–Crippen LogP) is 2.99. The minimum Gasteiger partial charge on any atom is -0.340 e. The lowest BCUT2D eigenvalue weighted by Gasteiger charge is -2.25. The molecule has 6 nitrogen and oxygen atoms in total. The number of nitrogens with zero attached hydrogens (tertiary/aromatic N) is 3. The molecule has 2 amide bonds. The van der Waals surface area contributed by atoms with Crippen molar-refractivity contribution in [3.05, 3.63) is 41.5 Å². The SMILES string of the molecule is CC[C@H](NC(=O)N1c2ccccc2C[C@H]1C)c1noc(C)n1. The number of hydrogen-bond donors (Lipinski definition) is 1. The van der Waals surface area contributed by atoms with Crippen molar-refractivity contribution in [2.24, 2.45) is 0 Å². The summed E-state index contributed by atoms with van der Waals surface area (Å²) in [6.07, 6.45) is 1.58. The fourth-order valence-corrected chi connectivity index (χ4v) is 2.90. The van der Waals surface area contributed by atoms with Crippen molar-refractivity contribution in [3.8, 4) is 0 Å². The topological polar surface area (TPSA) is 71.3 Å². The number of aryl methyl sites for hydroxylation is 1. The first-order valence-corrected chi connectivity index (χ1v) is 7.58. The number of carbonyl (C=O) groups excluding carboxylic acids is 1. The molecule has 116 valence electrons. The van der Waals surface area contributed by atoms with Gasteiger partial charge >= 0.3 is 6.03 Å². The highest BCUT2D eigenvalue weighted by atomic mass is 16.5. The van der Waals surface area contributed by atoms with Crippen LogP contribution in [0.1, 0.15) is 43.6 Å². The summed E-state index contributed by atoms with van der Waals surface area (Å²) in [5, 5.41) is 6.92. The lowest BCUT2D eigenvalue weighted by Crippen LogP contribution is -2.44. The Morgan fingerprint density at radius 2 is 2.27 bits per heavy atom. The molecule has 2 heterocycles. The summed E-state index contributed by atoms with van der Waals surface area (Å²) in [4.78, 5) is 18.7. The highest BCUT2D eigenvalue weighted by Crippen LogP contribution is 2.32. The molecule has 0 aliphatic carbocycles. The van der Waals surface area contributed by atoms with E-state index in [-0.39, 0.29) is 18.1 Å². The Morgan fingerprint density at radius 1 is 1.50 bits per heavy atom. The molecule has 2 atom stereocenters. The van der Waals surface area contributed by atoms with Gasteiger partial charge in [0.25, 0.3) is 0 Å². The molecule has 0 unspecified atom stereocenters. The van der Waals surface area contributed by atoms with Crippen molar-refractivity contribution >= 4 is 11.7 Å². The molecular formula is C16H20N4O2. The first-order chi connectivity index (χ1) is 10.6. The van der Waals surface area contributed by atoms with Gasteiger partial charge in [0.2, 0.25) is 5.89 Å². The Balaban J connectivity index is 1.79. The Kier molecular flexibility index (Phi) is 3.83. The summed E-state index contributed by atoms with van der Waals surface area (Å²) >= 11 is 0. The van der Waals surface area contributed by atoms with E-state index in [1.807, 2.05) is 30.0 Å². The number of aromatic nitrogens is 2. The van der Waals surface area contributed by atoms with E-state index in [1.54, 1.807) is 6.92 Å². The number of para-hydroxylation sites is 1. The van der Waals surface area contributed by atoms with Crippen molar-refractivity contribution < 1.29 is 9.32 Å². The van der Waals surface area contributed by atoms with Gasteiger partial charge in [-0.15, -0.1) is 0 Å². The molecule has 0 radical (unpaired) electrons. The summed E-state index contributed by atoms with van der Waals surface area (Å²) in [5.74, 6) is 1.02. The normalized spacial score (nSPS) is 18.1. The Labute approximate surface area is 129 Å². The van der Waals surface area contributed by atoms with Gasteiger partial charge in [-0.1, -0.05) is 30.3 Å². The third-order valence-corrected chi connectivity index (χ3v) is 3.99. The van der Waals surface area contributed by atoms with Crippen LogP contribution >= 0.6 is 0 Å². The van der Waals surface area contributed by atoms with Gasteiger partial charge in [-0.2, -0.15) is 4.98 Å². The highest BCUT2D eigenvalue weighted by Gasteiger charge is 2.32. The molecular weight excluding hydrogens is 280 g/mol. The summed E-state index contributed by atoms with van der Waals surface area (Å²) in [7, 11) is 0. The second-order valence-corrected chi connectivity index (χ2v) is 5.63. The average molecular weight is 300 g/mol. The van der Waals surface area contributed by atoms with Gasteiger partial charge in [0.05, 0.1) is 6.04 Å². The van der Waals surface area contributed by atoms with Gasteiger partial charge < -0.3 is 9.84 Å². The van der Waals surface area contributed by atoms with E-state index in [1.165, 1.54) is 5.56 Å². The van der Waals surface area contributed by atoms with Crippen molar-refractivity contribution in [1.29, 1.82) is 0 Å². The number of urea groups is 1. The fourth-order valence-electron chi connectivity index (χ4n) is 2.90. The number of hydrogen-bond acceptors (Lipinski definition) is 4. The average Bonchev–Trinajstić information content (AvgIpc) is 3.07. The maximum Gasteiger partial charge on any atom is 0.322 e. The quantitative estimate of drug-likeness (QED) is 0.946. The lowest BCUT2D eigenvalue weighted by atomic mass is 10.1. The Morgan fingerprint density at radius 3 is 2.95 bits per heavy atom. The molecule has 3 rings (SSSR count). The molecule has 0 spiro atoms. The van der Waals surface area contributed by atoms with Crippen molar-refractivity contribution in [1.82, 2.24) is 15.5 Å². The molecule has 1 N–H and O–H groups in total. The van der Waals surface area contributed by atoms with Gasteiger partial charge in [0.15, 0.2) is 5.82 Å². The largest absolute Gasteiger partial charge is 0.340 e. The maximum absolute atomic E-state index is 12.7. The van der Waals surface area contributed by atoms with Crippen molar-refractivity contribution in [2.75, 3.05) is 4.90 Å². The number of rotatable bonds is 3. The number of carbonyl (C=O) groups is 1. The number of nitrogens with one attached hydrogen (secondary N) is 1. The summed E-state index contributed by atoms with van der Waals surface area (Å²) < 4.78 is 5.01. The number of fused-ring (bicyclic) bond motifs is 1. The first-order valence-electron chi connectivity index (χ1n) is 7.58. The maximum atomic E-state index is 12.7. The smallest absolute Gasteiger partial charge is 0.322 e. The third kappa shape index (κ3) is 2.56. The van der Waals surface area contributed by atoms with Crippen LogP contribution in [0.2, 0.25) is 0 Å². The zero-order valence-corrected chi connectivity index (χ0v) is 13.0. The summed E-state index contributed by atoms with van der Waals surface area (Å²) in [6.45, 7) is 5.78. The zero-order valence-electron chi connectivity index (χ0n) is 13.0. The first kappa shape index (κ1) is 14.6. The van der Waals surface area contributed by atoms with E-state index < -0.39 is 0 Å². The minimum atomic E-state index is -0.245. The number of amides is 2. The fraction of sp³-hybridized carbons (Fsp3) is 0.438. The molecule has 1 aromatic heterocycles. The molecule has 0 saturated heterocycles. The molecule has 1 aliphatic rings. The van der Waals surface area contributed by atoms with Crippen LogP contribution in [0.25, 0.3) is 0 Å². The van der Waals surface area contributed by atoms with Crippen LogP contribution in [0.15, 0.2) is 28.8 Å². The predicted molar refractivity (Wildman–Crippen MR) is 82.7 cm³/mol. The lowest BCUT2D eigenvalue weighted by molar-refractivity contribution is 0.240. The zero-order chi connectivity index (χ0) is 15.7. The van der Waals surface area contributed by atoms with Gasteiger partial charge in [-0.25, -0.2) is 4.79 Å². The van der Waals surface area contributed by atoms with Gasteiger partial charge in [0, 0.05) is 18.7 Å².